The molecule has 2 amide bonds. The van der Waals surface area contributed by atoms with Crippen LogP contribution in [0.2, 0.25) is 0 Å². The monoisotopic (exact) mass is 384 g/mol. The standard InChI is InChI=1S/C21H28N4O3/c1-15-7-6-8-18(16(15)2)23-19(26)17(13-22)14-24-9-11-25(12-10-24)20(27)28-21(3,4)5/h6-8,14H,9-12H2,1-5H3,(H,23,26)/b17-14-. The molecule has 1 fully saturated rings. The topological polar surface area (TPSA) is 85.7 Å². The minimum atomic E-state index is -0.534. The van der Waals surface area contributed by atoms with Crippen molar-refractivity contribution in [3.05, 3.63) is 41.1 Å². The maximum absolute atomic E-state index is 12.5. The van der Waals surface area contributed by atoms with Gasteiger partial charge >= 0.3 is 6.09 Å². The number of benzene rings is 1. The molecule has 1 N–H and O–H groups in total. The molecule has 7 heteroatoms. The molecular formula is C21H28N4O3. The molecule has 1 saturated heterocycles. The first kappa shape index (κ1) is 21.3. The van der Waals surface area contributed by atoms with Gasteiger partial charge in [-0.3, -0.25) is 4.79 Å². The van der Waals surface area contributed by atoms with E-state index in [0.717, 1.165) is 11.1 Å². The van der Waals surface area contributed by atoms with Crippen LogP contribution in [0.15, 0.2) is 30.0 Å². The van der Waals surface area contributed by atoms with Crippen molar-refractivity contribution in [3.8, 4) is 6.07 Å². The zero-order chi connectivity index (χ0) is 20.9. The third-order valence-corrected chi connectivity index (χ3v) is 4.50. The summed E-state index contributed by atoms with van der Waals surface area (Å²) < 4.78 is 5.38. The summed E-state index contributed by atoms with van der Waals surface area (Å²) in [5.74, 6) is -0.439. The number of ether oxygens (including phenoxy) is 1. The lowest BCUT2D eigenvalue weighted by molar-refractivity contribution is -0.112. The van der Waals surface area contributed by atoms with Crippen molar-refractivity contribution >= 4 is 17.7 Å². The Bertz CT molecular complexity index is 810. The number of nitriles is 1. The number of hydrogen-bond acceptors (Lipinski definition) is 5. The lowest BCUT2D eigenvalue weighted by Crippen LogP contribution is -2.48. The average Bonchev–Trinajstić information content (AvgIpc) is 2.62. The third-order valence-electron chi connectivity index (χ3n) is 4.50. The van der Waals surface area contributed by atoms with Crippen molar-refractivity contribution in [3.63, 3.8) is 0 Å². The maximum Gasteiger partial charge on any atom is 0.410 e. The van der Waals surface area contributed by atoms with Crippen LogP contribution >= 0.6 is 0 Å². The molecule has 1 aliphatic heterocycles. The number of nitrogens with zero attached hydrogens (tertiary/aromatic N) is 3. The van der Waals surface area contributed by atoms with Gasteiger partial charge in [0.2, 0.25) is 0 Å². The van der Waals surface area contributed by atoms with E-state index in [4.69, 9.17) is 4.74 Å². The number of amides is 2. The van der Waals surface area contributed by atoms with Gasteiger partial charge in [0.1, 0.15) is 17.2 Å². The first-order valence-electron chi connectivity index (χ1n) is 9.32. The van der Waals surface area contributed by atoms with Crippen LogP contribution in [0, 0.1) is 25.2 Å². The number of anilines is 1. The van der Waals surface area contributed by atoms with Crippen molar-refractivity contribution in [2.45, 2.75) is 40.2 Å². The Morgan fingerprint density at radius 2 is 1.82 bits per heavy atom. The predicted molar refractivity (Wildman–Crippen MR) is 108 cm³/mol. The Hall–Kier alpha value is -3.01. The second-order valence-electron chi connectivity index (χ2n) is 7.86. The zero-order valence-electron chi connectivity index (χ0n) is 17.2. The molecule has 0 aliphatic carbocycles. The fourth-order valence-corrected chi connectivity index (χ4v) is 2.76. The molecule has 0 saturated carbocycles. The van der Waals surface area contributed by atoms with Crippen molar-refractivity contribution in [1.29, 1.82) is 5.26 Å². The molecule has 2 rings (SSSR count). The van der Waals surface area contributed by atoms with E-state index < -0.39 is 11.5 Å². The third kappa shape index (κ3) is 5.74. The largest absolute Gasteiger partial charge is 0.444 e. The fourth-order valence-electron chi connectivity index (χ4n) is 2.76. The number of aryl methyl sites for hydroxylation is 1. The van der Waals surface area contributed by atoms with E-state index >= 15 is 0 Å². The quantitative estimate of drug-likeness (QED) is 0.639. The molecule has 0 atom stereocenters. The highest BCUT2D eigenvalue weighted by molar-refractivity contribution is 6.06. The van der Waals surface area contributed by atoms with Gasteiger partial charge in [0, 0.05) is 38.1 Å². The SMILES string of the molecule is Cc1cccc(NC(=O)/C(C#N)=C\N2CCN(C(=O)OC(C)(C)C)CC2)c1C. The molecular weight excluding hydrogens is 356 g/mol. The van der Waals surface area contributed by atoms with Gasteiger partial charge in [0.25, 0.3) is 5.91 Å². The van der Waals surface area contributed by atoms with Gasteiger partial charge in [-0.1, -0.05) is 12.1 Å². The molecule has 0 spiro atoms. The zero-order valence-corrected chi connectivity index (χ0v) is 17.2. The summed E-state index contributed by atoms with van der Waals surface area (Å²) in [5, 5.41) is 12.2. The Labute approximate surface area is 166 Å². The summed E-state index contributed by atoms with van der Waals surface area (Å²) in [4.78, 5) is 28.1. The molecule has 150 valence electrons. The van der Waals surface area contributed by atoms with E-state index in [9.17, 15) is 14.9 Å². The van der Waals surface area contributed by atoms with E-state index in [-0.39, 0.29) is 11.7 Å². The summed E-state index contributed by atoms with van der Waals surface area (Å²) in [6.07, 6.45) is 1.22. The fraction of sp³-hybridized carbons (Fsp3) is 0.476. The lowest BCUT2D eigenvalue weighted by Gasteiger charge is -2.35. The molecule has 0 aromatic heterocycles. The van der Waals surface area contributed by atoms with Crippen LogP contribution < -0.4 is 5.32 Å². The minimum absolute atomic E-state index is 0.0339. The summed E-state index contributed by atoms with van der Waals surface area (Å²) >= 11 is 0. The van der Waals surface area contributed by atoms with Crippen LogP contribution in [0.5, 0.6) is 0 Å². The van der Waals surface area contributed by atoms with Crippen LogP contribution in [0.4, 0.5) is 10.5 Å². The lowest BCUT2D eigenvalue weighted by atomic mass is 10.1. The first-order valence-corrected chi connectivity index (χ1v) is 9.32. The number of nitrogens with one attached hydrogen (secondary N) is 1. The molecule has 1 aromatic carbocycles. The van der Waals surface area contributed by atoms with E-state index in [2.05, 4.69) is 5.32 Å². The average molecular weight is 384 g/mol. The molecule has 1 aromatic rings. The van der Waals surface area contributed by atoms with Crippen molar-refractivity contribution < 1.29 is 14.3 Å². The van der Waals surface area contributed by atoms with Gasteiger partial charge in [-0.25, -0.2) is 4.79 Å². The minimum Gasteiger partial charge on any atom is -0.444 e. The molecule has 0 unspecified atom stereocenters. The number of carbonyl (C=O) groups is 2. The molecule has 0 bridgehead atoms. The Morgan fingerprint density at radius 3 is 2.39 bits per heavy atom. The van der Waals surface area contributed by atoms with Crippen LogP contribution in [0.25, 0.3) is 0 Å². The summed E-state index contributed by atoms with van der Waals surface area (Å²) in [6, 6.07) is 7.62. The van der Waals surface area contributed by atoms with E-state index in [1.54, 1.807) is 11.1 Å². The molecule has 7 nitrogen and oxygen atoms in total. The molecule has 1 heterocycles. The van der Waals surface area contributed by atoms with Crippen LogP contribution in [-0.2, 0) is 9.53 Å². The Balaban J connectivity index is 1.98. The molecule has 0 radical (unpaired) electrons. The van der Waals surface area contributed by atoms with Gasteiger partial charge < -0.3 is 19.9 Å². The number of carbonyl (C=O) groups excluding carboxylic acids is 2. The molecule has 28 heavy (non-hydrogen) atoms. The van der Waals surface area contributed by atoms with Crippen molar-refractivity contribution in [2.75, 3.05) is 31.5 Å². The highest BCUT2D eigenvalue weighted by atomic mass is 16.6. The number of hydrogen-bond donors (Lipinski definition) is 1. The second-order valence-corrected chi connectivity index (χ2v) is 7.86. The summed E-state index contributed by atoms with van der Waals surface area (Å²) in [5.41, 5.74) is 2.24. The number of rotatable bonds is 3. The van der Waals surface area contributed by atoms with Crippen molar-refractivity contribution in [1.82, 2.24) is 9.80 Å². The van der Waals surface area contributed by atoms with E-state index in [1.807, 2.05) is 63.8 Å². The Kier molecular flexibility index (Phi) is 6.68. The first-order chi connectivity index (χ1) is 13.1. The number of piperazine rings is 1. The van der Waals surface area contributed by atoms with Gasteiger partial charge in [-0.2, -0.15) is 5.26 Å². The van der Waals surface area contributed by atoms with Gasteiger partial charge in [0.15, 0.2) is 0 Å². The maximum atomic E-state index is 12.5. The van der Waals surface area contributed by atoms with Crippen LogP contribution in [0.1, 0.15) is 31.9 Å². The van der Waals surface area contributed by atoms with E-state index in [0.29, 0.717) is 31.9 Å². The van der Waals surface area contributed by atoms with Crippen LogP contribution in [-0.4, -0.2) is 53.6 Å². The van der Waals surface area contributed by atoms with Gasteiger partial charge in [-0.05, 0) is 51.8 Å². The highest BCUT2D eigenvalue weighted by Crippen LogP contribution is 2.19. The van der Waals surface area contributed by atoms with Gasteiger partial charge in [0.05, 0.1) is 0 Å². The second kappa shape index (κ2) is 8.79. The normalized spacial score (nSPS) is 15.1. The van der Waals surface area contributed by atoms with E-state index in [1.165, 1.54) is 0 Å². The van der Waals surface area contributed by atoms with Crippen LogP contribution in [0.3, 0.4) is 0 Å². The van der Waals surface area contributed by atoms with Crippen molar-refractivity contribution in [2.24, 2.45) is 0 Å². The smallest absolute Gasteiger partial charge is 0.410 e. The molecule has 1 aliphatic rings. The Morgan fingerprint density at radius 1 is 1.18 bits per heavy atom. The highest BCUT2D eigenvalue weighted by Gasteiger charge is 2.25. The van der Waals surface area contributed by atoms with Gasteiger partial charge in [-0.15, -0.1) is 0 Å². The predicted octanol–water partition coefficient (Wildman–Crippen LogP) is 3.20. The summed E-state index contributed by atoms with van der Waals surface area (Å²) in [7, 11) is 0. The summed E-state index contributed by atoms with van der Waals surface area (Å²) in [6.45, 7) is 11.4.